The summed E-state index contributed by atoms with van der Waals surface area (Å²) in [7, 11) is 0. The van der Waals surface area contributed by atoms with Crippen LogP contribution in [0.2, 0.25) is 0 Å². The molecule has 2 aromatic rings. The number of hydrogen-bond donors (Lipinski definition) is 1. The van der Waals surface area contributed by atoms with Gasteiger partial charge in [0.05, 0.1) is 0 Å². The Balaban J connectivity index is 2.48. The first-order valence-corrected chi connectivity index (χ1v) is 6.10. The molecule has 0 spiro atoms. The van der Waals surface area contributed by atoms with Gasteiger partial charge in [0.15, 0.2) is 5.82 Å². The first kappa shape index (κ1) is 12.6. The highest BCUT2D eigenvalue weighted by atomic mass is 14.9. The van der Waals surface area contributed by atoms with Crippen molar-refractivity contribution in [3.63, 3.8) is 0 Å². The first-order valence-electron chi connectivity index (χ1n) is 6.10. The summed E-state index contributed by atoms with van der Waals surface area (Å²) in [6.07, 6.45) is 0.819. The van der Waals surface area contributed by atoms with E-state index in [0.29, 0.717) is 12.4 Å². The van der Waals surface area contributed by atoms with Gasteiger partial charge in [-0.1, -0.05) is 6.07 Å². The zero-order valence-corrected chi connectivity index (χ0v) is 11.1. The van der Waals surface area contributed by atoms with Gasteiger partial charge in [-0.3, -0.25) is 0 Å². The molecule has 0 bridgehead atoms. The van der Waals surface area contributed by atoms with Crippen molar-refractivity contribution < 1.29 is 0 Å². The monoisotopic (exact) mass is 242 g/mol. The van der Waals surface area contributed by atoms with Crippen molar-refractivity contribution >= 4 is 0 Å². The number of hydrogen-bond acceptors (Lipinski definition) is 4. The van der Waals surface area contributed by atoms with Gasteiger partial charge in [0.25, 0.3) is 0 Å². The van der Waals surface area contributed by atoms with E-state index in [4.69, 9.17) is 5.73 Å². The van der Waals surface area contributed by atoms with E-state index < -0.39 is 0 Å². The Morgan fingerprint density at radius 1 is 1.00 bits per heavy atom. The fraction of sp³-hybridized carbons (Fsp3) is 0.357. The van der Waals surface area contributed by atoms with Gasteiger partial charge in [0.1, 0.15) is 5.69 Å². The molecular formula is C14H18N4. The molecule has 94 valence electrons. The normalized spacial score (nSPS) is 10.7. The number of nitrogens with two attached hydrogens (primary N) is 1. The molecule has 0 aliphatic carbocycles. The van der Waals surface area contributed by atoms with Crippen LogP contribution in [-0.4, -0.2) is 21.5 Å². The van der Waals surface area contributed by atoms with Crippen LogP contribution in [0, 0.1) is 20.8 Å². The van der Waals surface area contributed by atoms with E-state index in [2.05, 4.69) is 15.0 Å². The second-order valence-corrected chi connectivity index (χ2v) is 4.40. The third kappa shape index (κ3) is 2.54. The number of aryl methyl sites for hydroxylation is 3. The van der Waals surface area contributed by atoms with Gasteiger partial charge in [-0.15, -0.1) is 0 Å². The summed E-state index contributed by atoms with van der Waals surface area (Å²) in [6, 6.07) is 5.87. The molecule has 0 aliphatic heterocycles. The van der Waals surface area contributed by atoms with E-state index in [1.807, 2.05) is 39.0 Å². The average Bonchev–Trinajstić information content (AvgIpc) is 2.33. The lowest BCUT2D eigenvalue weighted by atomic mass is 10.1. The molecule has 0 aromatic carbocycles. The molecule has 0 unspecified atom stereocenters. The van der Waals surface area contributed by atoms with Crippen molar-refractivity contribution in [1.29, 1.82) is 0 Å². The fourth-order valence-corrected chi connectivity index (χ4v) is 2.03. The molecular weight excluding hydrogens is 224 g/mol. The van der Waals surface area contributed by atoms with Crippen LogP contribution in [0.5, 0.6) is 0 Å². The van der Waals surface area contributed by atoms with E-state index in [-0.39, 0.29) is 0 Å². The second-order valence-electron chi connectivity index (χ2n) is 4.40. The molecule has 2 N–H and O–H groups in total. The van der Waals surface area contributed by atoms with Crippen LogP contribution in [0.4, 0.5) is 0 Å². The van der Waals surface area contributed by atoms with E-state index in [0.717, 1.165) is 34.8 Å². The van der Waals surface area contributed by atoms with Crippen LogP contribution >= 0.6 is 0 Å². The summed E-state index contributed by atoms with van der Waals surface area (Å²) in [5.74, 6) is 0.689. The highest BCUT2D eigenvalue weighted by Gasteiger charge is 2.10. The molecule has 0 amide bonds. The quantitative estimate of drug-likeness (QED) is 0.893. The van der Waals surface area contributed by atoms with Crippen LogP contribution in [0.15, 0.2) is 18.2 Å². The third-order valence-corrected chi connectivity index (χ3v) is 2.93. The molecule has 0 saturated heterocycles. The highest BCUT2D eigenvalue weighted by Crippen LogP contribution is 2.17. The minimum absolute atomic E-state index is 0.618. The molecule has 0 aliphatic rings. The average molecular weight is 242 g/mol. The highest BCUT2D eigenvalue weighted by molar-refractivity contribution is 5.50. The van der Waals surface area contributed by atoms with Gasteiger partial charge in [0.2, 0.25) is 0 Å². The van der Waals surface area contributed by atoms with Crippen molar-refractivity contribution in [2.24, 2.45) is 5.73 Å². The largest absolute Gasteiger partial charge is 0.330 e. The maximum atomic E-state index is 5.60. The van der Waals surface area contributed by atoms with Gasteiger partial charge in [0, 0.05) is 17.1 Å². The Morgan fingerprint density at radius 3 is 2.22 bits per heavy atom. The SMILES string of the molecule is Cc1cccc(-c2nc(C)c(CCN)c(C)n2)n1. The van der Waals surface area contributed by atoms with Crippen LogP contribution in [-0.2, 0) is 6.42 Å². The summed E-state index contributed by atoms with van der Waals surface area (Å²) in [6.45, 7) is 6.58. The topological polar surface area (TPSA) is 64.7 Å². The predicted molar refractivity (Wildman–Crippen MR) is 72.2 cm³/mol. The van der Waals surface area contributed by atoms with E-state index in [9.17, 15) is 0 Å². The minimum atomic E-state index is 0.618. The van der Waals surface area contributed by atoms with Crippen molar-refractivity contribution in [2.45, 2.75) is 27.2 Å². The first-order chi connectivity index (χ1) is 8.61. The van der Waals surface area contributed by atoms with Gasteiger partial charge >= 0.3 is 0 Å². The molecule has 4 nitrogen and oxygen atoms in total. The van der Waals surface area contributed by atoms with E-state index in [1.54, 1.807) is 0 Å². The zero-order valence-electron chi connectivity index (χ0n) is 11.1. The molecule has 0 radical (unpaired) electrons. The van der Waals surface area contributed by atoms with Crippen molar-refractivity contribution in [3.05, 3.63) is 40.8 Å². The van der Waals surface area contributed by atoms with Crippen molar-refractivity contribution in [1.82, 2.24) is 15.0 Å². The van der Waals surface area contributed by atoms with Gasteiger partial charge in [-0.05, 0) is 51.4 Å². The summed E-state index contributed by atoms with van der Waals surface area (Å²) < 4.78 is 0. The predicted octanol–water partition coefficient (Wildman–Crippen LogP) is 1.97. The summed E-state index contributed by atoms with van der Waals surface area (Å²) in [4.78, 5) is 13.5. The zero-order chi connectivity index (χ0) is 13.1. The van der Waals surface area contributed by atoms with Crippen LogP contribution in [0.25, 0.3) is 11.5 Å². The second kappa shape index (κ2) is 5.23. The lowest BCUT2D eigenvalue weighted by molar-refractivity contribution is 0.896. The van der Waals surface area contributed by atoms with Crippen LogP contribution in [0.1, 0.15) is 22.6 Å². The molecule has 0 saturated carbocycles. The smallest absolute Gasteiger partial charge is 0.178 e. The van der Waals surface area contributed by atoms with Crippen molar-refractivity contribution in [3.8, 4) is 11.5 Å². The standard InChI is InChI=1S/C14H18N4/c1-9-5-4-6-13(16-9)14-17-10(2)12(7-8-15)11(3)18-14/h4-6H,7-8,15H2,1-3H3. The summed E-state index contributed by atoms with van der Waals surface area (Å²) in [5.41, 5.74) is 10.5. The van der Waals surface area contributed by atoms with Crippen LogP contribution < -0.4 is 5.73 Å². The van der Waals surface area contributed by atoms with Gasteiger partial charge in [-0.2, -0.15) is 0 Å². The lowest BCUT2D eigenvalue weighted by Gasteiger charge is -2.09. The molecule has 2 heterocycles. The molecule has 0 atom stereocenters. The summed E-state index contributed by atoms with van der Waals surface area (Å²) >= 11 is 0. The Hall–Kier alpha value is -1.81. The molecule has 2 rings (SSSR count). The molecule has 4 heteroatoms. The minimum Gasteiger partial charge on any atom is -0.330 e. The fourth-order valence-electron chi connectivity index (χ4n) is 2.03. The lowest BCUT2D eigenvalue weighted by Crippen LogP contribution is -2.09. The Labute approximate surface area is 107 Å². The maximum absolute atomic E-state index is 5.60. The van der Waals surface area contributed by atoms with Gasteiger partial charge in [-0.25, -0.2) is 15.0 Å². The maximum Gasteiger partial charge on any atom is 0.178 e. The Morgan fingerprint density at radius 2 is 1.67 bits per heavy atom. The van der Waals surface area contributed by atoms with Crippen LogP contribution in [0.3, 0.4) is 0 Å². The number of nitrogens with zero attached hydrogens (tertiary/aromatic N) is 3. The molecule has 18 heavy (non-hydrogen) atoms. The summed E-state index contributed by atoms with van der Waals surface area (Å²) in [5, 5.41) is 0. The molecule has 2 aromatic heterocycles. The number of pyridine rings is 1. The number of rotatable bonds is 3. The number of aromatic nitrogens is 3. The van der Waals surface area contributed by atoms with Gasteiger partial charge < -0.3 is 5.73 Å². The third-order valence-electron chi connectivity index (χ3n) is 2.93. The Kier molecular flexibility index (Phi) is 3.67. The molecule has 0 fully saturated rings. The Bertz CT molecular complexity index is 540. The van der Waals surface area contributed by atoms with Crippen molar-refractivity contribution in [2.75, 3.05) is 6.54 Å². The van der Waals surface area contributed by atoms with E-state index >= 15 is 0 Å². The van der Waals surface area contributed by atoms with E-state index in [1.165, 1.54) is 0 Å².